The molecule has 0 spiro atoms. The second-order valence-electron chi connectivity index (χ2n) is 1.22. The number of aliphatic imine (C=N–C) groups is 1. The SMILES string of the molecule is OC1=CSC=CC=N1. The Labute approximate surface area is 51.6 Å². The van der Waals surface area contributed by atoms with Gasteiger partial charge in [-0.1, -0.05) is 0 Å². The molecule has 0 aromatic heterocycles. The van der Waals surface area contributed by atoms with E-state index in [1.165, 1.54) is 11.8 Å². The molecule has 0 unspecified atom stereocenters. The highest BCUT2D eigenvalue weighted by molar-refractivity contribution is 8.04. The Morgan fingerprint density at radius 1 is 1.62 bits per heavy atom. The van der Waals surface area contributed by atoms with E-state index in [1.807, 2.05) is 5.41 Å². The lowest BCUT2D eigenvalue weighted by Crippen LogP contribution is -1.69. The van der Waals surface area contributed by atoms with Crippen LogP contribution < -0.4 is 0 Å². The van der Waals surface area contributed by atoms with Gasteiger partial charge in [0.1, 0.15) is 0 Å². The predicted molar refractivity (Wildman–Crippen MR) is 35.9 cm³/mol. The minimum atomic E-state index is 0.0694. The first-order valence-corrected chi connectivity index (χ1v) is 3.07. The van der Waals surface area contributed by atoms with Crippen molar-refractivity contribution in [2.45, 2.75) is 0 Å². The summed E-state index contributed by atoms with van der Waals surface area (Å²) in [7, 11) is 0. The van der Waals surface area contributed by atoms with Crippen LogP contribution in [0.3, 0.4) is 0 Å². The number of aliphatic hydroxyl groups excluding tert-OH is 1. The van der Waals surface area contributed by atoms with Crippen molar-refractivity contribution in [2.24, 2.45) is 4.99 Å². The fourth-order valence-electron chi connectivity index (χ4n) is 0.330. The van der Waals surface area contributed by atoms with E-state index in [2.05, 4.69) is 4.99 Å². The number of thioether (sulfide) groups is 1. The largest absolute Gasteiger partial charge is 0.493 e. The fraction of sp³-hybridized carbons (Fsp3) is 0. The van der Waals surface area contributed by atoms with Crippen molar-refractivity contribution >= 4 is 18.0 Å². The summed E-state index contributed by atoms with van der Waals surface area (Å²) in [6, 6.07) is 0. The van der Waals surface area contributed by atoms with Gasteiger partial charge in [0.15, 0.2) is 0 Å². The van der Waals surface area contributed by atoms with Gasteiger partial charge in [-0.15, -0.1) is 11.8 Å². The van der Waals surface area contributed by atoms with Gasteiger partial charge in [0.25, 0.3) is 0 Å². The van der Waals surface area contributed by atoms with E-state index in [4.69, 9.17) is 5.11 Å². The monoisotopic (exact) mass is 127 g/mol. The third-order valence-corrected chi connectivity index (χ3v) is 1.28. The number of allylic oxidation sites excluding steroid dienone is 1. The predicted octanol–water partition coefficient (Wildman–Crippen LogP) is 1.67. The van der Waals surface area contributed by atoms with Crippen molar-refractivity contribution in [1.82, 2.24) is 0 Å². The summed E-state index contributed by atoms with van der Waals surface area (Å²) < 4.78 is 0. The molecular weight excluding hydrogens is 122 g/mol. The van der Waals surface area contributed by atoms with Gasteiger partial charge < -0.3 is 5.11 Å². The summed E-state index contributed by atoms with van der Waals surface area (Å²) >= 11 is 1.41. The molecule has 1 rings (SSSR count). The summed E-state index contributed by atoms with van der Waals surface area (Å²) in [4.78, 5) is 3.61. The fourth-order valence-corrected chi connectivity index (χ4v) is 0.753. The lowest BCUT2D eigenvalue weighted by atomic mass is 10.7. The molecule has 0 saturated carbocycles. The Morgan fingerprint density at radius 2 is 2.50 bits per heavy atom. The molecule has 0 aromatic carbocycles. The maximum absolute atomic E-state index is 8.69. The van der Waals surface area contributed by atoms with Crippen LogP contribution >= 0.6 is 11.8 Å². The zero-order valence-electron chi connectivity index (χ0n) is 4.11. The molecule has 0 saturated heterocycles. The number of hydrogen-bond donors (Lipinski definition) is 1. The van der Waals surface area contributed by atoms with Crippen LogP contribution in [0.5, 0.6) is 0 Å². The molecule has 0 aliphatic carbocycles. The van der Waals surface area contributed by atoms with E-state index in [9.17, 15) is 0 Å². The van der Waals surface area contributed by atoms with Gasteiger partial charge in [-0.3, -0.25) is 0 Å². The standard InChI is InChI=1S/C5H5NOS/c7-5-4-8-3-1-2-6-5/h1-4,7H. The quantitative estimate of drug-likeness (QED) is 0.537. The Bertz CT molecular complexity index is 157. The average Bonchev–Trinajstić information content (AvgIpc) is 1.94. The molecule has 0 atom stereocenters. The van der Waals surface area contributed by atoms with Crippen LogP contribution in [0, 0.1) is 0 Å². The van der Waals surface area contributed by atoms with Crippen molar-refractivity contribution in [3.05, 3.63) is 22.8 Å². The van der Waals surface area contributed by atoms with Crippen LogP contribution in [0.2, 0.25) is 0 Å². The Kier molecular flexibility index (Phi) is 1.75. The molecule has 1 aliphatic rings. The Hall–Kier alpha value is -0.700. The molecule has 42 valence electrons. The van der Waals surface area contributed by atoms with Gasteiger partial charge in [-0.2, -0.15) is 0 Å². The first kappa shape index (κ1) is 5.44. The summed E-state index contributed by atoms with van der Waals surface area (Å²) in [6.07, 6.45) is 3.32. The van der Waals surface area contributed by atoms with Crippen LogP contribution in [0.1, 0.15) is 0 Å². The van der Waals surface area contributed by atoms with E-state index in [0.717, 1.165) is 0 Å². The maximum Gasteiger partial charge on any atom is 0.217 e. The second-order valence-corrected chi connectivity index (χ2v) is 2.00. The molecule has 1 aliphatic heterocycles. The molecule has 3 heteroatoms. The van der Waals surface area contributed by atoms with E-state index in [-0.39, 0.29) is 5.88 Å². The number of rotatable bonds is 0. The van der Waals surface area contributed by atoms with Crippen molar-refractivity contribution in [3.63, 3.8) is 0 Å². The van der Waals surface area contributed by atoms with Gasteiger partial charge in [0.05, 0.1) is 0 Å². The maximum atomic E-state index is 8.69. The topological polar surface area (TPSA) is 32.6 Å². The molecule has 0 fully saturated rings. The average molecular weight is 127 g/mol. The van der Waals surface area contributed by atoms with E-state index in [0.29, 0.717) is 0 Å². The third-order valence-electron chi connectivity index (χ3n) is 0.623. The van der Waals surface area contributed by atoms with Crippen LogP contribution in [-0.4, -0.2) is 11.3 Å². The van der Waals surface area contributed by atoms with Crippen molar-refractivity contribution < 1.29 is 5.11 Å². The minimum absolute atomic E-state index is 0.0694. The van der Waals surface area contributed by atoms with E-state index in [1.54, 1.807) is 17.7 Å². The van der Waals surface area contributed by atoms with Gasteiger partial charge in [-0.25, -0.2) is 4.99 Å². The van der Waals surface area contributed by atoms with Gasteiger partial charge in [0.2, 0.25) is 5.88 Å². The minimum Gasteiger partial charge on any atom is -0.493 e. The molecule has 0 radical (unpaired) electrons. The van der Waals surface area contributed by atoms with Crippen molar-refractivity contribution in [2.75, 3.05) is 0 Å². The summed E-state index contributed by atoms with van der Waals surface area (Å²) in [5.41, 5.74) is 0. The first-order chi connectivity index (χ1) is 3.89. The second kappa shape index (κ2) is 2.57. The summed E-state index contributed by atoms with van der Waals surface area (Å²) in [5, 5.41) is 12.1. The van der Waals surface area contributed by atoms with Gasteiger partial charge in [0, 0.05) is 11.6 Å². The molecule has 0 bridgehead atoms. The number of hydrogen-bond acceptors (Lipinski definition) is 3. The van der Waals surface area contributed by atoms with Crippen molar-refractivity contribution in [3.8, 4) is 0 Å². The van der Waals surface area contributed by atoms with Gasteiger partial charge >= 0.3 is 0 Å². The van der Waals surface area contributed by atoms with Crippen LogP contribution in [0.15, 0.2) is 27.8 Å². The van der Waals surface area contributed by atoms with Crippen molar-refractivity contribution in [1.29, 1.82) is 0 Å². The number of aliphatic hydroxyl groups is 1. The van der Waals surface area contributed by atoms with Gasteiger partial charge in [-0.05, 0) is 11.5 Å². The Morgan fingerprint density at radius 3 is 3.38 bits per heavy atom. The lowest BCUT2D eigenvalue weighted by molar-refractivity contribution is 0.409. The molecule has 0 aromatic rings. The molecule has 8 heavy (non-hydrogen) atoms. The molecule has 1 heterocycles. The highest BCUT2D eigenvalue weighted by Crippen LogP contribution is 2.09. The molecule has 1 N–H and O–H groups in total. The normalized spacial score (nSPS) is 17.8. The van der Waals surface area contributed by atoms with E-state index < -0.39 is 0 Å². The molecule has 2 nitrogen and oxygen atoms in total. The molecular formula is C5H5NOS. The summed E-state index contributed by atoms with van der Waals surface area (Å²) in [5.74, 6) is 0.0694. The number of nitrogens with zero attached hydrogens (tertiary/aromatic N) is 1. The highest BCUT2D eigenvalue weighted by Gasteiger charge is 1.85. The Balaban J connectivity index is 2.69. The lowest BCUT2D eigenvalue weighted by Gasteiger charge is -1.81. The first-order valence-electron chi connectivity index (χ1n) is 2.13. The van der Waals surface area contributed by atoms with E-state index >= 15 is 0 Å². The smallest absolute Gasteiger partial charge is 0.217 e. The zero-order chi connectivity index (χ0) is 5.82. The molecule has 0 amide bonds. The third kappa shape index (κ3) is 1.42. The van der Waals surface area contributed by atoms with Crippen LogP contribution in [0.25, 0.3) is 0 Å². The highest BCUT2D eigenvalue weighted by atomic mass is 32.2. The van der Waals surface area contributed by atoms with Crippen LogP contribution in [0.4, 0.5) is 0 Å². The summed E-state index contributed by atoms with van der Waals surface area (Å²) in [6.45, 7) is 0. The zero-order valence-corrected chi connectivity index (χ0v) is 4.93. The van der Waals surface area contributed by atoms with Crippen LogP contribution in [-0.2, 0) is 0 Å².